The lowest BCUT2D eigenvalue weighted by Crippen LogP contribution is -1.97. The molecule has 4 nitrogen and oxygen atoms in total. The Morgan fingerprint density at radius 2 is 1.44 bits per heavy atom. The van der Waals surface area contributed by atoms with Gasteiger partial charge in [-0.3, -0.25) is 4.98 Å². The fourth-order valence-corrected chi connectivity index (χ4v) is 4.89. The van der Waals surface area contributed by atoms with Crippen molar-refractivity contribution in [1.29, 1.82) is 0 Å². The molecule has 0 amide bonds. The van der Waals surface area contributed by atoms with Crippen LogP contribution in [0.3, 0.4) is 0 Å². The fraction of sp³-hybridized carbons (Fsp3) is 0. The monoisotopic (exact) mass is 436 g/mol. The van der Waals surface area contributed by atoms with Gasteiger partial charge in [-0.25, -0.2) is 4.98 Å². The smallest absolute Gasteiger partial charge is 0.137 e. The lowest BCUT2D eigenvalue weighted by molar-refractivity contribution is 1.04. The van der Waals surface area contributed by atoms with Crippen molar-refractivity contribution >= 4 is 32.7 Å². The average Bonchev–Trinajstić information content (AvgIpc) is 3.47. The number of rotatable bonds is 3. The van der Waals surface area contributed by atoms with Crippen LogP contribution < -0.4 is 0 Å². The lowest BCUT2D eigenvalue weighted by Gasteiger charge is -2.09. The van der Waals surface area contributed by atoms with Crippen LogP contribution in [0, 0.1) is 0 Å². The molecule has 0 radical (unpaired) electrons. The van der Waals surface area contributed by atoms with Crippen LogP contribution in [0.5, 0.6) is 0 Å². The highest BCUT2D eigenvalue weighted by Gasteiger charge is 2.15. The van der Waals surface area contributed by atoms with Crippen LogP contribution in [0.1, 0.15) is 0 Å². The van der Waals surface area contributed by atoms with Crippen LogP contribution in [-0.4, -0.2) is 19.1 Å². The second-order valence-electron chi connectivity index (χ2n) is 8.45. The Morgan fingerprint density at radius 3 is 2.26 bits per heavy atom. The van der Waals surface area contributed by atoms with Gasteiger partial charge in [0, 0.05) is 57.8 Å². The highest BCUT2D eigenvalue weighted by atomic mass is 15.1. The van der Waals surface area contributed by atoms with Crippen LogP contribution in [-0.2, 0) is 0 Å². The molecule has 0 unspecified atom stereocenters. The fourth-order valence-electron chi connectivity index (χ4n) is 4.89. The summed E-state index contributed by atoms with van der Waals surface area (Å²) in [7, 11) is 0. The molecule has 4 heteroatoms. The van der Waals surface area contributed by atoms with Crippen molar-refractivity contribution in [1.82, 2.24) is 19.1 Å². The van der Waals surface area contributed by atoms with Crippen LogP contribution in [0.4, 0.5) is 0 Å². The Hall–Kier alpha value is -4.70. The molecular weight excluding hydrogens is 416 g/mol. The van der Waals surface area contributed by atoms with E-state index in [0.717, 1.165) is 28.1 Å². The number of benzene rings is 3. The van der Waals surface area contributed by atoms with E-state index in [2.05, 4.69) is 105 Å². The average molecular weight is 437 g/mol. The van der Waals surface area contributed by atoms with E-state index in [0.29, 0.717) is 0 Å². The van der Waals surface area contributed by atoms with E-state index >= 15 is 0 Å². The van der Waals surface area contributed by atoms with Crippen LogP contribution in [0.25, 0.3) is 55.3 Å². The molecule has 160 valence electrons. The number of para-hydroxylation sites is 2. The highest BCUT2D eigenvalue weighted by molar-refractivity contribution is 6.13. The van der Waals surface area contributed by atoms with E-state index < -0.39 is 0 Å². The predicted molar refractivity (Wildman–Crippen MR) is 139 cm³/mol. The molecular formula is C30H20N4. The molecule has 0 fully saturated rings. The van der Waals surface area contributed by atoms with Crippen LogP contribution in [0.15, 0.2) is 122 Å². The second-order valence-corrected chi connectivity index (χ2v) is 8.45. The molecule has 7 rings (SSSR count). The number of pyridine rings is 2. The second kappa shape index (κ2) is 7.42. The summed E-state index contributed by atoms with van der Waals surface area (Å²) >= 11 is 0. The standard InChI is InChI=1S/C30H20N4/c1-2-8-24(9-3-1)34-27-11-5-4-10-25(27)26-17-21-14-16-33(28(21)18-29(26)34)30-13-12-23(20-32-30)22-7-6-15-31-19-22/h1-20H. The molecule has 4 aromatic heterocycles. The lowest BCUT2D eigenvalue weighted by atomic mass is 10.1. The molecule has 0 saturated heterocycles. The maximum absolute atomic E-state index is 4.78. The highest BCUT2D eigenvalue weighted by Crippen LogP contribution is 2.35. The first-order chi connectivity index (χ1) is 16.9. The first kappa shape index (κ1) is 18.8. The van der Waals surface area contributed by atoms with E-state index in [9.17, 15) is 0 Å². The zero-order valence-electron chi connectivity index (χ0n) is 18.3. The summed E-state index contributed by atoms with van der Waals surface area (Å²) in [6.07, 6.45) is 7.66. The Bertz CT molecular complexity index is 1780. The van der Waals surface area contributed by atoms with Gasteiger partial charge in [-0.05, 0) is 54.6 Å². The minimum atomic E-state index is 0.893. The van der Waals surface area contributed by atoms with Crippen molar-refractivity contribution in [2.45, 2.75) is 0 Å². The zero-order valence-corrected chi connectivity index (χ0v) is 18.3. The molecule has 0 spiro atoms. The molecule has 7 aromatic rings. The Kier molecular flexibility index (Phi) is 4.11. The van der Waals surface area contributed by atoms with Crippen molar-refractivity contribution in [2.75, 3.05) is 0 Å². The summed E-state index contributed by atoms with van der Waals surface area (Å²) in [6, 6.07) is 34.1. The Labute approximate surface area is 196 Å². The van der Waals surface area contributed by atoms with E-state index in [1.54, 1.807) is 6.20 Å². The van der Waals surface area contributed by atoms with Crippen molar-refractivity contribution in [3.63, 3.8) is 0 Å². The first-order valence-corrected chi connectivity index (χ1v) is 11.3. The normalized spacial score (nSPS) is 11.5. The number of fused-ring (bicyclic) bond motifs is 4. The molecule has 0 saturated carbocycles. The maximum Gasteiger partial charge on any atom is 0.137 e. The molecule has 0 aliphatic carbocycles. The summed E-state index contributed by atoms with van der Waals surface area (Å²) < 4.78 is 4.51. The van der Waals surface area contributed by atoms with E-state index in [4.69, 9.17) is 4.98 Å². The molecule has 0 bridgehead atoms. The van der Waals surface area contributed by atoms with Gasteiger partial charge in [0.1, 0.15) is 5.82 Å². The van der Waals surface area contributed by atoms with Crippen molar-refractivity contribution in [3.05, 3.63) is 122 Å². The maximum atomic E-state index is 4.78. The Morgan fingerprint density at radius 1 is 0.588 bits per heavy atom. The molecule has 0 aliphatic heterocycles. The first-order valence-electron chi connectivity index (χ1n) is 11.3. The summed E-state index contributed by atoms with van der Waals surface area (Å²) in [6.45, 7) is 0. The quantitative estimate of drug-likeness (QED) is 0.294. The summed E-state index contributed by atoms with van der Waals surface area (Å²) in [5.74, 6) is 0.893. The number of aromatic nitrogens is 4. The summed E-state index contributed by atoms with van der Waals surface area (Å²) in [5, 5.41) is 3.71. The van der Waals surface area contributed by atoms with E-state index in [1.807, 2.05) is 24.5 Å². The topological polar surface area (TPSA) is 35.6 Å². The SMILES string of the molecule is c1ccc(-n2c3ccccc3c3cc4ccn(-c5ccc(-c6cccnc6)cn5)c4cc32)cc1. The predicted octanol–water partition coefficient (Wildman–Crippen LogP) is 7.18. The number of nitrogens with zero attached hydrogens (tertiary/aromatic N) is 4. The van der Waals surface area contributed by atoms with E-state index in [-0.39, 0.29) is 0 Å². The van der Waals surface area contributed by atoms with Crippen molar-refractivity contribution in [3.8, 4) is 22.6 Å². The zero-order chi connectivity index (χ0) is 22.5. The third-order valence-electron chi connectivity index (χ3n) is 6.49. The molecule has 3 aromatic carbocycles. The van der Waals surface area contributed by atoms with Crippen molar-refractivity contribution in [2.24, 2.45) is 0 Å². The van der Waals surface area contributed by atoms with Gasteiger partial charge in [-0.15, -0.1) is 0 Å². The number of hydrogen-bond donors (Lipinski definition) is 0. The molecule has 0 atom stereocenters. The minimum Gasteiger partial charge on any atom is -0.309 e. The van der Waals surface area contributed by atoms with Gasteiger partial charge >= 0.3 is 0 Å². The summed E-state index contributed by atoms with van der Waals surface area (Å²) in [4.78, 5) is 9.00. The molecule has 34 heavy (non-hydrogen) atoms. The molecule has 4 heterocycles. The molecule has 0 N–H and O–H groups in total. The Balaban J connectivity index is 1.44. The van der Waals surface area contributed by atoms with Gasteiger partial charge in [-0.1, -0.05) is 42.5 Å². The third-order valence-corrected chi connectivity index (χ3v) is 6.49. The van der Waals surface area contributed by atoms with Gasteiger partial charge in [-0.2, -0.15) is 0 Å². The van der Waals surface area contributed by atoms with Crippen molar-refractivity contribution < 1.29 is 0 Å². The molecule has 0 aliphatic rings. The third kappa shape index (κ3) is 2.86. The summed E-state index contributed by atoms with van der Waals surface area (Å²) in [5.41, 5.74) is 6.81. The van der Waals surface area contributed by atoms with Gasteiger partial charge in [0.2, 0.25) is 0 Å². The van der Waals surface area contributed by atoms with Crippen LogP contribution in [0.2, 0.25) is 0 Å². The van der Waals surface area contributed by atoms with Gasteiger partial charge in [0.25, 0.3) is 0 Å². The largest absolute Gasteiger partial charge is 0.309 e. The van der Waals surface area contributed by atoms with Gasteiger partial charge in [0.05, 0.1) is 16.6 Å². The van der Waals surface area contributed by atoms with Crippen LogP contribution >= 0.6 is 0 Å². The van der Waals surface area contributed by atoms with E-state index in [1.165, 1.54) is 27.2 Å². The van der Waals surface area contributed by atoms with Gasteiger partial charge < -0.3 is 9.13 Å². The minimum absolute atomic E-state index is 0.893. The number of hydrogen-bond acceptors (Lipinski definition) is 2. The van der Waals surface area contributed by atoms with Gasteiger partial charge in [0.15, 0.2) is 0 Å².